The van der Waals surface area contributed by atoms with Crippen LogP contribution in [0, 0.1) is 0 Å². The van der Waals surface area contributed by atoms with E-state index in [1.807, 2.05) is 13.0 Å². The molecule has 0 atom stereocenters. The topological polar surface area (TPSA) is 67.4 Å². The van der Waals surface area contributed by atoms with Crippen molar-refractivity contribution < 1.29 is 14.3 Å². The Morgan fingerprint density at radius 2 is 1.69 bits per heavy atom. The number of amides is 2. The second-order valence-corrected chi connectivity index (χ2v) is 6.02. The number of ether oxygens (including phenoxy) is 1. The number of unbranched alkanes of at least 4 members (excludes halogenated alkanes) is 1. The highest BCUT2D eigenvalue weighted by Gasteiger charge is 2.09. The minimum Gasteiger partial charge on any atom is -0.494 e. The zero-order chi connectivity index (χ0) is 18.8. The molecule has 26 heavy (non-hydrogen) atoms. The summed E-state index contributed by atoms with van der Waals surface area (Å²) < 4.78 is 5.64. The smallest absolute Gasteiger partial charge is 0.255 e. The molecule has 0 aliphatic carbocycles. The van der Waals surface area contributed by atoms with Crippen molar-refractivity contribution in [2.45, 2.75) is 33.1 Å². The van der Waals surface area contributed by atoms with E-state index in [0.29, 0.717) is 35.7 Å². The van der Waals surface area contributed by atoms with Crippen LogP contribution in [0.2, 0.25) is 0 Å². The van der Waals surface area contributed by atoms with Gasteiger partial charge in [-0.3, -0.25) is 9.59 Å². The molecule has 0 heterocycles. The highest BCUT2D eigenvalue weighted by molar-refractivity contribution is 6.04. The van der Waals surface area contributed by atoms with Crippen molar-refractivity contribution in [3.63, 3.8) is 0 Å². The van der Waals surface area contributed by atoms with E-state index < -0.39 is 0 Å². The Balaban J connectivity index is 1.96. The third-order valence-electron chi connectivity index (χ3n) is 3.80. The molecule has 0 unspecified atom stereocenters. The van der Waals surface area contributed by atoms with Gasteiger partial charge in [-0.05, 0) is 55.3 Å². The van der Waals surface area contributed by atoms with Crippen molar-refractivity contribution in [1.29, 1.82) is 0 Å². The molecule has 5 heteroatoms. The minimum atomic E-state index is -0.214. The lowest BCUT2D eigenvalue weighted by Crippen LogP contribution is -2.23. The molecule has 0 aliphatic heterocycles. The number of carbonyl (C=O) groups is 2. The first-order valence-electron chi connectivity index (χ1n) is 9.06. The van der Waals surface area contributed by atoms with Crippen LogP contribution in [0.1, 0.15) is 53.8 Å². The standard InChI is InChI=1S/C21H26N2O3/c1-3-5-14-26-19-8-6-7-17(15-19)21(25)23-18-11-9-16(10-12-18)20(24)22-13-4-2/h6-12,15H,3-5,13-14H2,1-2H3,(H,22,24)(H,23,25). The lowest BCUT2D eigenvalue weighted by molar-refractivity contribution is 0.0953. The SMILES string of the molecule is CCCCOc1cccc(C(=O)Nc2ccc(C(=O)NCCC)cc2)c1. The van der Waals surface area contributed by atoms with E-state index in [2.05, 4.69) is 17.6 Å². The van der Waals surface area contributed by atoms with Crippen molar-refractivity contribution >= 4 is 17.5 Å². The molecule has 0 aromatic heterocycles. The fraction of sp³-hybridized carbons (Fsp3) is 0.333. The Labute approximate surface area is 154 Å². The first-order chi connectivity index (χ1) is 12.6. The average molecular weight is 354 g/mol. The first kappa shape index (κ1) is 19.5. The zero-order valence-corrected chi connectivity index (χ0v) is 15.4. The summed E-state index contributed by atoms with van der Waals surface area (Å²) in [6.45, 7) is 5.39. The highest BCUT2D eigenvalue weighted by Crippen LogP contribution is 2.16. The fourth-order valence-corrected chi connectivity index (χ4v) is 2.31. The normalized spacial score (nSPS) is 10.2. The number of carbonyl (C=O) groups excluding carboxylic acids is 2. The Bertz CT molecular complexity index is 726. The van der Waals surface area contributed by atoms with Crippen LogP contribution in [0.25, 0.3) is 0 Å². The molecular formula is C21H26N2O3. The largest absolute Gasteiger partial charge is 0.494 e. The summed E-state index contributed by atoms with van der Waals surface area (Å²) in [6, 6.07) is 14.0. The van der Waals surface area contributed by atoms with Gasteiger partial charge >= 0.3 is 0 Å². The molecule has 0 radical (unpaired) electrons. The number of hydrogen-bond acceptors (Lipinski definition) is 3. The zero-order valence-electron chi connectivity index (χ0n) is 15.4. The molecule has 138 valence electrons. The van der Waals surface area contributed by atoms with Gasteiger partial charge < -0.3 is 15.4 Å². The molecule has 0 spiro atoms. The van der Waals surface area contributed by atoms with Crippen LogP contribution in [0.3, 0.4) is 0 Å². The molecular weight excluding hydrogens is 328 g/mol. The predicted molar refractivity (Wildman–Crippen MR) is 104 cm³/mol. The molecule has 0 saturated heterocycles. The van der Waals surface area contributed by atoms with E-state index in [4.69, 9.17) is 4.74 Å². The van der Waals surface area contributed by atoms with Gasteiger partial charge in [0.25, 0.3) is 11.8 Å². The van der Waals surface area contributed by atoms with Crippen molar-refractivity contribution in [2.75, 3.05) is 18.5 Å². The summed E-state index contributed by atoms with van der Waals surface area (Å²) in [4.78, 5) is 24.3. The van der Waals surface area contributed by atoms with Gasteiger partial charge in [0.05, 0.1) is 6.61 Å². The van der Waals surface area contributed by atoms with Crippen LogP contribution in [-0.4, -0.2) is 25.0 Å². The summed E-state index contributed by atoms with van der Waals surface area (Å²) in [6.07, 6.45) is 2.93. The fourth-order valence-electron chi connectivity index (χ4n) is 2.31. The summed E-state index contributed by atoms with van der Waals surface area (Å²) in [5.41, 5.74) is 1.74. The second kappa shape index (κ2) is 10.2. The van der Waals surface area contributed by atoms with E-state index >= 15 is 0 Å². The van der Waals surface area contributed by atoms with E-state index in [1.165, 1.54) is 0 Å². The van der Waals surface area contributed by atoms with Gasteiger partial charge in [-0.2, -0.15) is 0 Å². The van der Waals surface area contributed by atoms with Crippen LogP contribution in [0.5, 0.6) is 5.75 Å². The lowest BCUT2D eigenvalue weighted by Gasteiger charge is -2.09. The Morgan fingerprint density at radius 3 is 2.38 bits per heavy atom. The van der Waals surface area contributed by atoms with Gasteiger partial charge in [-0.25, -0.2) is 0 Å². The number of rotatable bonds is 9. The monoisotopic (exact) mass is 354 g/mol. The molecule has 0 bridgehead atoms. The van der Waals surface area contributed by atoms with Crippen LogP contribution in [0.4, 0.5) is 5.69 Å². The van der Waals surface area contributed by atoms with Crippen molar-refractivity contribution in [3.8, 4) is 5.75 Å². The molecule has 2 N–H and O–H groups in total. The average Bonchev–Trinajstić information content (AvgIpc) is 2.67. The third-order valence-corrected chi connectivity index (χ3v) is 3.80. The number of anilines is 1. The van der Waals surface area contributed by atoms with Gasteiger partial charge in [0.2, 0.25) is 0 Å². The van der Waals surface area contributed by atoms with Crippen LogP contribution < -0.4 is 15.4 Å². The molecule has 0 saturated carbocycles. The van der Waals surface area contributed by atoms with Gasteiger partial charge in [-0.15, -0.1) is 0 Å². The predicted octanol–water partition coefficient (Wildman–Crippen LogP) is 4.26. The molecule has 5 nitrogen and oxygen atoms in total. The van der Waals surface area contributed by atoms with E-state index in [0.717, 1.165) is 19.3 Å². The maximum absolute atomic E-state index is 12.4. The summed E-state index contributed by atoms with van der Waals surface area (Å²) >= 11 is 0. The molecule has 0 aliphatic rings. The Kier molecular flexibility index (Phi) is 7.68. The summed E-state index contributed by atoms with van der Waals surface area (Å²) in [7, 11) is 0. The van der Waals surface area contributed by atoms with Gasteiger partial charge in [0.15, 0.2) is 0 Å². The molecule has 0 fully saturated rings. The van der Waals surface area contributed by atoms with Crippen LogP contribution >= 0.6 is 0 Å². The third kappa shape index (κ3) is 5.92. The number of benzene rings is 2. The number of hydrogen-bond donors (Lipinski definition) is 2. The summed E-state index contributed by atoms with van der Waals surface area (Å²) in [5, 5.41) is 5.66. The highest BCUT2D eigenvalue weighted by atomic mass is 16.5. The van der Waals surface area contributed by atoms with Gasteiger partial charge in [0.1, 0.15) is 5.75 Å². The lowest BCUT2D eigenvalue weighted by atomic mass is 10.1. The van der Waals surface area contributed by atoms with Gasteiger partial charge in [0, 0.05) is 23.4 Å². The minimum absolute atomic E-state index is 0.110. The van der Waals surface area contributed by atoms with E-state index in [-0.39, 0.29) is 11.8 Å². The molecule has 2 rings (SSSR count). The number of nitrogens with one attached hydrogen (secondary N) is 2. The van der Waals surface area contributed by atoms with Gasteiger partial charge in [-0.1, -0.05) is 26.3 Å². The van der Waals surface area contributed by atoms with Crippen molar-refractivity contribution in [3.05, 3.63) is 59.7 Å². The van der Waals surface area contributed by atoms with E-state index in [1.54, 1.807) is 42.5 Å². The molecule has 2 aromatic carbocycles. The summed E-state index contributed by atoms with van der Waals surface area (Å²) in [5.74, 6) is 0.366. The van der Waals surface area contributed by atoms with Crippen LogP contribution in [-0.2, 0) is 0 Å². The second-order valence-electron chi connectivity index (χ2n) is 6.02. The van der Waals surface area contributed by atoms with Crippen molar-refractivity contribution in [2.24, 2.45) is 0 Å². The molecule has 2 amide bonds. The Hall–Kier alpha value is -2.82. The van der Waals surface area contributed by atoms with E-state index in [9.17, 15) is 9.59 Å². The van der Waals surface area contributed by atoms with Crippen molar-refractivity contribution in [1.82, 2.24) is 5.32 Å². The molecule has 2 aromatic rings. The maximum atomic E-state index is 12.4. The first-order valence-corrected chi connectivity index (χ1v) is 9.06. The quantitative estimate of drug-likeness (QED) is 0.661. The Morgan fingerprint density at radius 1 is 0.923 bits per heavy atom. The van der Waals surface area contributed by atoms with Crippen LogP contribution in [0.15, 0.2) is 48.5 Å². The maximum Gasteiger partial charge on any atom is 0.255 e.